The summed E-state index contributed by atoms with van der Waals surface area (Å²) in [7, 11) is 0. The number of ether oxygens (including phenoxy) is 2. The van der Waals surface area contributed by atoms with Gasteiger partial charge in [0.15, 0.2) is 0 Å². The van der Waals surface area contributed by atoms with E-state index in [-0.39, 0.29) is 23.8 Å². The van der Waals surface area contributed by atoms with Crippen molar-refractivity contribution in [2.75, 3.05) is 0 Å². The van der Waals surface area contributed by atoms with Crippen molar-refractivity contribution in [2.24, 2.45) is 5.92 Å². The summed E-state index contributed by atoms with van der Waals surface area (Å²) >= 11 is 0. The monoisotopic (exact) mass is 210 g/mol. The molecule has 2 rings (SSSR count). The number of carbonyl (C=O) groups excluding carboxylic acids is 1. The lowest BCUT2D eigenvalue weighted by molar-refractivity contribution is -0.156. The van der Waals surface area contributed by atoms with Gasteiger partial charge in [0, 0.05) is 5.92 Å². The summed E-state index contributed by atoms with van der Waals surface area (Å²) < 4.78 is 10.9. The summed E-state index contributed by atoms with van der Waals surface area (Å²) in [5.74, 6) is 0.201. The van der Waals surface area contributed by atoms with Gasteiger partial charge in [0.2, 0.25) is 0 Å². The van der Waals surface area contributed by atoms with Gasteiger partial charge in [-0.15, -0.1) is 0 Å². The number of hydrogen-bond donors (Lipinski definition) is 0. The van der Waals surface area contributed by atoms with E-state index < -0.39 is 0 Å². The van der Waals surface area contributed by atoms with E-state index in [9.17, 15) is 4.79 Å². The van der Waals surface area contributed by atoms with Gasteiger partial charge in [-0.25, -0.2) is 0 Å². The van der Waals surface area contributed by atoms with E-state index in [4.69, 9.17) is 9.47 Å². The van der Waals surface area contributed by atoms with Crippen LogP contribution in [-0.2, 0) is 14.3 Å². The number of hydrogen-bond acceptors (Lipinski definition) is 3. The first kappa shape index (κ1) is 10.7. The predicted octanol–water partition coefficient (Wildman–Crippen LogP) is 2.06. The summed E-state index contributed by atoms with van der Waals surface area (Å²) in [5.41, 5.74) is -0.384. The Balaban J connectivity index is 1.83. The van der Waals surface area contributed by atoms with Crippen LogP contribution in [0.15, 0.2) is 12.2 Å². The second kappa shape index (κ2) is 3.63. The molecule has 1 saturated heterocycles. The lowest BCUT2D eigenvalue weighted by Gasteiger charge is -2.21. The molecule has 3 heteroatoms. The maximum atomic E-state index is 11.6. The Morgan fingerprint density at radius 2 is 2.20 bits per heavy atom. The molecule has 15 heavy (non-hydrogen) atoms. The van der Waals surface area contributed by atoms with Crippen molar-refractivity contribution in [3.8, 4) is 0 Å². The fourth-order valence-electron chi connectivity index (χ4n) is 2.16. The highest BCUT2D eigenvalue weighted by Crippen LogP contribution is 2.35. The quantitative estimate of drug-likeness (QED) is 0.517. The van der Waals surface area contributed by atoms with Gasteiger partial charge in [0.25, 0.3) is 0 Å². The molecule has 0 spiro atoms. The average Bonchev–Trinajstić information content (AvgIpc) is 2.60. The van der Waals surface area contributed by atoms with Crippen molar-refractivity contribution in [1.29, 1.82) is 0 Å². The molecule has 84 valence electrons. The van der Waals surface area contributed by atoms with E-state index in [2.05, 4.69) is 12.2 Å². The topological polar surface area (TPSA) is 35.5 Å². The molecule has 3 atom stereocenters. The van der Waals surface area contributed by atoms with Gasteiger partial charge < -0.3 is 9.47 Å². The number of carbonyl (C=O) groups is 1. The van der Waals surface area contributed by atoms with Crippen LogP contribution in [0.25, 0.3) is 0 Å². The van der Waals surface area contributed by atoms with Gasteiger partial charge in [0.1, 0.15) is 5.60 Å². The highest BCUT2D eigenvalue weighted by molar-refractivity contribution is 5.70. The molecule has 0 aliphatic carbocycles. The van der Waals surface area contributed by atoms with Gasteiger partial charge in [0.05, 0.1) is 18.6 Å². The van der Waals surface area contributed by atoms with Crippen LogP contribution in [0.2, 0.25) is 0 Å². The molecule has 2 heterocycles. The van der Waals surface area contributed by atoms with E-state index in [0.29, 0.717) is 12.3 Å². The van der Waals surface area contributed by atoms with Crippen LogP contribution in [0.1, 0.15) is 33.6 Å². The smallest absolute Gasteiger partial charge is 0.306 e. The minimum absolute atomic E-state index is 0.114. The highest BCUT2D eigenvalue weighted by atomic mass is 16.6. The summed E-state index contributed by atoms with van der Waals surface area (Å²) in [5, 5.41) is 0. The third kappa shape index (κ3) is 2.59. The highest BCUT2D eigenvalue weighted by Gasteiger charge is 2.38. The molecule has 2 aliphatic rings. The Bertz CT molecular complexity index is 288. The van der Waals surface area contributed by atoms with Crippen molar-refractivity contribution < 1.29 is 14.3 Å². The van der Waals surface area contributed by atoms with E-state index in [1.54, 1.807) is 0 Å². The first-order valence-corrected chi connectivity index (χ1v) is 5.50. The third-order valence-corrected chi connectivity index (χ3v) is 2.70. The Morgan fingerprint density at radius 1 is 1.47 bits per heavy atom. The molecule has 0 aromatic rings. The Kier molecular flexibility index (Phi) is 2.59. The molecular weight excluding hydrogens is 192 g/mol. The van der Waals surface area contributed by atoms with Crippen LogP contribution in [-0.4, -0.2) is 23.8 Å². The predicted molar refractivity (Wildman–Crippen MR) is 56.4 cm³/mol. The zero-order chi connectivity index (χ0) is 11.1. The SMILES string of the molecule is CC(C)(C)OC(=O)CC1CC2C=CC1O2. The Hall–Kier alpha value is -0.830. The van der Waals surface area contributed by atoms with Crippen LogP contribution in [0, 0.1) is 5.92 Å². The molecule has 0 saturated carbocycles. The molecule has 0 radical (unpaired) electrons. The van der Waals surface area contributed by atoms with Crippen molar-refractivity contribution in [3.63, 3.8) is 0 Å². The molecule has 1 fully saturated rings. The molecule has 2 bridgehead atoms. The van der Waals surface area contributed by atoms with Crippen LogP contribution < -0.4 is 0 Å². The fraction of sp³-hybridized carbons (Fsp3) is 0.750. The normalized spacial score (nSPS) is 33.4. The van der Waals surface area contributed by atoms with Crippen LogP contribution in [0.3, 0.4) is 0 Å². The third-order valence-electron chi connectivity index (χ3n) is 2.70. The largest absolute Gasteiger partial charge is 0.460 e. The van der Waals surface area contributed by atoms with E-state index >= 15 is 0 Å². The van der Waals surface area contributed by atoms with Gasteiger partial charge >= 0.3 is 5.97 Å². The number of esters is 1. The molecule has 0 aromatic carbocycles. The maximum absolute atomic E-state index is 11.6. The van der Waals surface area contributed by atoms with Gasteiger partial charge in [-0.3, -0.25) is 4.79 Å². The second-order valence-corrected chi connectivity index (χ2v) is 5.31. The van der Waals surface area contributed by atoms with E-state index in [1.807, 2.05) is 20.8 Å². The first-order chi connectivity index (χ1) is 6.94. The van der Waals surface area contributed by atoms with Crippen molar-refractivity contribution >= 4 is 5.97 Å². The van der Waals surface area contributed by atoms with Gasteiger partial charge in [-0.05, 0) is 27.2 Å². The van der Waals surface area contributed by atoms with Gasteiger partial charge in [-0.1, -0.05) is 12.2 Å². The molecule has 3 nitrogen and oxygen atoms in total. The molecule has 0 amide bonds. The van der Waals surface area contributed by atoms with Crippen LogP contribution in [0.4, 0.5) is 0 Å². The van der Waals surface area contributed by atoms with E-state index in [0.717, 1.165) is 6.42 Å². The minimum atomic E-state index is -0.384. The lowest BCUT2D eigenvalue weighted by Crippen LogP contribution is -2.27. The molecule has 0 N–H and O–H groups in total. The van der Waals surface area contributed by atoms with Gasteiger partial charge in [-0.2, -0.15) is 0 Å². The van der Waals surface area contributed by atoms with Crippen molar-refractivity contribution in [1.82, 2.24) is 0 Å². The molecule has 3 unspecified atom stereocenters. The summed E-state index contributed by atoms with van der Waals surface area (Å²) in [4.78, 5) is 11.6. The van der Waals surface area contributed by atoms with Crippen molar-refractivity contribution in [3.05, 3.63) is 12.2 Å². The summed E-state index contributed by atoms with van der Waals surface area (Å²) in [6.07, 6.45) is 5.95. The van der Waals surface area contributed by atoms with Crippen molar-refractivity contribution in [2.45, 2.75) is 51.4 Å². The van der Waals surface area contributed by atoms with E-state index in [1.165, 1.54) is 0 Å². The summed E-state index contributed by atoms with van der Waals surface area (Å²) in [6, 6.07) is 0. The lowest BCUT2D eigenvalue weighted by atomic mass is 9.91. The fourth-order valence-corrected chi connectivity index (χ4v) is 2.16. The molecule has 2 aliphatic heterocycles. The Morgan fingerprint density at radius 3 is 2.67 bits per heavy atom. The Labute approximate surface area is 90.4 Å². The zero-order valence-electron chi connectivity index (χ0n) is 9.53. The maximum Gasteiger partial charge on any atom is 0.306 e. The second-order valence-electron chi connectivity index (χ2n) is 5.31. The standard InChI is InChI=1S/C12H18O3/c1-12(2,3)15-11(13)7-8-6-9-4-5-10(8)14-9/h4-5,8-10H,6-7H2,1-3H3. The van der Waals surface area contributed by atoms with Crippen LogP contribution in [0.5, 0.6) is 0 Å². The average molecular weight is 210 g/mol. The summed E-state index contributed by atoms with van der Waals surface area (Å²) in [6.45, 7) is 5.67. The number of rotatable bonds is 2. The molecule has 0 aromatic heterocycles. The first-order valence-electron chi connectivity index (χ1n) is 5.50. The zero-order valence-corrected chi connectivity index (χ0v) is 9.53. The van der Waals surface area contributed by atoms with Crippen LogP contribution >= 0.6 is 0 Å². The number of fused-ring (bicyclic) bond motifs is 2. The molecular formula is C12H18O3. The minimum Gasteiger partial charge on any atom is -0.460 e.